The first-order valence-electron chi connectivity index (χ1n) is 8.72. The molecule has 1 heterocycles. The minimum absolute atomic E-state index is 0.00433. The van der Waals surface area contributed by atoms with E-state index in [1.54, 1.807) is 0 Å². The summed E-state index contributed by atoms with van der Waals surface area (Å²) < 4.78 is 0. The molecule has 0 unspecified atom stereocenters. The Kier molecular flexibility index (Phi) is 6.37. The number of rotatable bonds is 5. The Labute approximate surface area is 145 Å². The molecule has 0 bridgehead atoms. The second-order valence-corrected chi connectivity index (χ2v) is 7.01. The van der Waals surface area contributed by atoms with Crippen molar-refractivity contribution < 1.29 is 9.59 Å². The summed E-state index contributed by atoms with van der Waals surface area (Å²) in [6, 6.07) is 8.04. The van der Waals surface area contributed by atoms with Gasteiger partial charge in [0, 0.05) is 24.7 Å². The smallest absolute Gasteiger partial charge is 0.238 e. The summed E-state index contributed by atoms with van der Waals surface area (Å²) in [4.78, 5) is 28.5. The fraction of sp³-hybridized carbons (Fsp3) is 0.579. The van der Waals surface area contributed by atoms with Gasteiger partial charge in [0.25, 0.3) is 0 Å². The third-order valence-electron chi connectivity index (χ3n) is 4.73. The summed E-state index contributed by atoms with van der Waals surface area (Å²) in [5.41, 5.74) is 1.96. The highest BCUT2D eigenvalue weighted by atomic mass is 16.2. The molecule has 5 heteroatoms. The summed E-state index contributed by atoms with van der Waals surface area (Å²) in [5.74, 6) is 0.326. The number of hydrogen-bond donors (Lipinski definition) is 1. The molecule has 1 aliphatic heterocycles. The van der Waals surface area contributed by atoms with Crippen LogP contribution in [0.3, 0.4) is 0 Å². The molecule has 1 aromatic carbocycles. The molecule has 0 atom stereocenters. The third-order valence-corrected chi connectivity index (χ3v) is 4.73. The van der Waals surface area contributed by atoms with Crippen LogP contribution in [0, 0.1) is 12.8 Å². The van der Waals surface area contributed by atoms with Crippen molar-refractivity contribution in [1.29, 1.82) is 0 Å². The molecular formula is C19H29N3O2. The molecule has 0 spiro atoms. The van der Waals surface area contributed by atoms with Crippen LogP contribution in [0.1, 0.15) is 32.3 Å². The first-order valence-corrected chi connectivity index (χ1v) is 8.72. The van der Waals surface area contributed by atoms with Gasteiger partial charge in [-0.1, -0.05) is 12.1 Å². The molecule has 2 amide bonds. The van der Waals surface area contributed by atoms with Crippen LogP contribution in [0.15, 0.2) is 24.3 Å². The van der Waals surface area contributed by atoms with Crippen LogP contribution in [0.5, 0.6) is 0 Å². The number of hydrogen-bond acceptors (Lipinski definition) is 3. The largest absolute Gasteiger partial charge is 0.343 e. The zero-order valence-electron chi connectivity index (χ0n) is 15.2. The van der Waals surface area contributed by atoms with E-state index in [1.165, 1.54) is 0 Å². The fourth-order valence-corrected chi connectivity index (χ4v) is 3.01. The van der Waals surface area contributed by atoms with E-state index in [2.05, 4.69) is 10.2 Å². The van der Waals surface area contributed by atoms with Gasteiger partial charge in [-0.3, -0.25) is 14.5 Å². The number of piperidine rings is 1. The van der Waals surface area contributed by atoms with Gasteiger partial charge in [0.15, 0.2) is 0 Å². The van der Waals surface area contributed by atoms with Crippen LogP contribution in [-0.2, 0) is 9.59 Å². The van der Waals surface area contributed by atoms with E-state index >= 15 is 0 Å². The van der Waals surface area contributed by atoms with E-state index in [9.17, 15) is 9.59 Å². The standard InChI is InChI=1S/C19H29N3O2/c1-14(2)21(4)19(24)16-8-10-22(11-9-16)13-18(23)20-17-7-5-6-15(3)12-17/h5-7,12,14,16H,8-11,13H2,1-4H3,(H,20,23). The van der Waals surface area contributed by atoms with Gasteiger partial charge < -0.3 is 10.2 Å². The van der Waals surface area contributed by atoms with E-state index in [1.807, 2.05) is 57.0 Å². The molecular weight excluding hydrogens is 302 g/mol. The molecule has 24 heavy (non-hydrogen) atoms. The average molecular weight is 331 g/mol. The number of carbonyl (C=O) groups is 2. The predicted molar refractivity (Wildman–Crippen MR) is 96.9 cm³/mol. The molecule has 2 rings (SSSR count). The molecule has 0 aliphatic carbocycles. The summed E-state index contributed by atoms with van der Waals surface area (Å²) in [6.45, 7) is 8.04. The number of nitrogens with one attached hydrogen (secondary N) is 1. The van der Waals surface area contributed by atoms with Crippen LogP contribution in [-0.4, -0.2) is 54.3 Å². The van der Waals surface area contributed by atoms with Crippen molar-refractivity contribution >= 4 is 17.5 Å². The number of amides is 2. The molecule has 1 N–H and O–H groups in total. The molecule has 1 saturated heterocycles. The Morgan fingerprint density at radius 1 is 1.29 bits per heavy atom. The molecule has 1 aromatic rings. The van der Waals surface area contributed by atoms with Crippen LogP contribution < -0.4 is 5.32 Å². The number of aryl methyl sites for hydroxylation is 1. The van der Waals surface area contributed by atoms with Crippen molar-refractivity contribution in [3.05, 3.63) is 29.8 Å². The van der Waals surface area contributed by atoms with Crippen LogP contribution in [0.2, 0.25) is 0 Å². The number of anilines is 1. The third kappa shape index (κ3) is 5.06. The van der Waals surface area contributed by atoms with Crippen molar-refractivity contribution in [3.8, 4) is 0 Å². The quantitative estimate of drug-likeness (QED) is 0.902. The van der Waals surface area contributed by atoms with Gasteiger partial charge in [0.2, 0.25) is 11.8 Å². The molecule has 0 saturated carbocycles. The van der Waals surface area contributed by atoms with Gasteiger partial charge in [0.05, 0.1) is 6.54 Å². The molecule has 132 valence electrons. The van der Waals surface area contributed by atoms with Gasteiger partial charge in [0.1, 0.15) is 0 Å². The Hall–Kier alpha value is -1.88. The lowest BCUT2D eigenvalue weighted by Crippen LogP contribution is -2.45. The number of carbonyl (C=O) groups excluding carboxylic acids is 2. The summed E-state index contributed by atoms with van der Waals surface area (Å²) in [5, 5.41) is 2.94. The SMILES string of the molecule is Cc1cccc(NC(=O)CN2CCC(C(=O)N(C)C(C)C)CC2)c1. The topological polar surface area (TPSA) is 52.7 Å². The maximum atomic E-state index is 12.4. The highest BCUT2D eigenvalue weighted by Gasteiger charge is 2.28. The van der Waals surface area contributed by atoms with E-state index in [0.717, 1.165) is 37.2 Å². The summed E-state index contributed by atoms with van der Waals surface area (Å²) in [7, 11) is 1.87. The van der Waals surface area contributed by atoms with E-state index in [4.69, 9.17) is 0 Å². The monoisotopic (exact) mass is 331 g/mol. The second kappa shape index (κ2) is 8.29. The molecule has 5 nitrogen and oxygen atoms in total. The van der Waals surface area contributed by atoms with Gasteiger partial charge in [-0.2, -0.15) is 0 Å². The van der Waals surface area contributed by atoms with Crippen molar-refractivity contribution in [3.63, 3.8) is 0 Å². The molecule has 0 aromatic heterocycles. The zero-order valence-corrected chi connectivity index (χ0v) is 15.2. The van der Waals surface area contributed by atoms with Crippen molar-refractivity contribution in [2.75, 3.05) is 32.0 Å². The normalized spacial score (nSPS) is 16.2. The first-order chi connectivity index (χ1) is 11.4. The maximum Gasteiger partial charge on any atom is 0.238 e. The van der Waals surface area contributed by atoms with Crippen LogP contribution in [0.25, 0.3) is 0 Å². The number of benzene rings is 1. The van der Waals surface area contributed by atoms with Crippen LogP contribution in [0.4, 0.5) is 5.69 Å². The van der Waals surface area contributed by atoms with Gasteiger partial charge in [-0.05, 0) is 64.4 Å². The van der Waals surface area contributed by atoms with E-state index in [-0.39, 0.29) is 23.8 Å². The molecule has 1 fully saturated rings. The van der Waals surface area contributed by atoms with Gasteiger partial charge in [-0.15, -0.1) is 0 Å². The Morgan fingerprint density at radius 2 is 1.96 bits per heavy atom. The average Bonchev–Trinajstić information content (AvgIpc) is 2.54. The van der Waals surface area contributed by atoms with Crippen molar-refractivity contribution in [2.24, 2.45) is 5.92 Å². The van der Waals surface area contributed by atoms with Gasteiger partial charge in [-0.25, -0.2) is 0 Å². The fourth-order valence-electron chi connectivity index (χ4n) is 3.01. The molecule has 1 aliphatic rings. The summed E-state index contributed by atoms with van der Waals surface area (Å²) >= 11 is 0. The number of nitrogens with zero attached hydrogens (tertiary/aromatic N) is 2. The lowest BCUT2D eigenvalue weighted by atomic mass is 9.95. The second-order valence-electron chi connectivity index (χ2n) is 7.01. The summed E-state index contributed by atoms with van der Waals surface area (Å²) in [6.07, 6.45) is 1.65. The highest BCUT2D eigenvalue weighted by Crippen LogP contribution is 2.20. The van der Waals surface area contributed by atoms with E-state index < -0.39 is 0 Å². The van der Waals surface area contributed by atoms with Crippen LogP contribution >= 0.6 is 0 Å². The van der Waals surface area contributed by atoms with Crippen molar-refractivity contribution in [1.82, 2.24) is 9.80 Å². The Morgan fingerprint density at radius 3 is 2.54 bits per heavy atom. The maximum absolute atomic E-state index is 12.4. The number of likely N-dealkylation sites (tertiary alicyclic amines) is 1. The van der Waals surface area contributed by atoms with Crippen molar-refractivity contribution in [2.45, 2.75) is 39.7 Å². The molecule has 0 radical (unpaired) electrons. The lowest BCUT2D eigenvalue weighted by Gasteiger charge is -2.33. The minimum atomic E-state index is 0.00433. The predicted octanol–water partition coefficient (Wildman–Crippen LogP) is 2.51. The highest BCUT2D eigenvalue weighted by molar-refractivity contribution is 5.92. The minimum Gasteiger partial charge on any atom is -0.343 e. The Balaban J connectivity index is 1.78. The Bertz CT molecular complexity index is 578. The van der Waals surface area contributed by atoms with E-state index in [0.29, 0.717) is 6.54 Å². The lowest BCUT2D eigenvalue weighted by molar-refractivity contribution is -0.137. The zero-order chi connectivity index (χ0) is 17.7. The first kappa shape index (κ1) is 18.5. The van der Waals surface area contributed by atoms with Gasteiger partial charge >= 0.3 is 0 Å².